The molecule has 2 aromatic carbocycles. The summed E-state index contributed by atoms with van der Waals surface area (Å²) in [5.74, 6) is 0.411. The van der Waals surface area contributed by atoms with Crippen LogP contribution >= 0.6 is 0 Å². The van der Waals surface area contributed by atoms with Gasteiger partial charge in [-0.15, -0.1) is 4.40 Å². The van der Waals surface area contributed by atoms with Gasteiger partial charge in [0.15, 0.2) is 0 Å². The Kier molecular flexibility index (Phi) is 3.41. The Morgan fingerprint density at radius 1 is 1.13 bits per heavy atom. The molecular formula is C15H12N2O5S. The summed E-state index contributed by atoms with van der Waals surface area (Å²) in [5, 5.41) is 10.8. The van der Waals surface area contributed by atoms with Crippen molar-refractivity contribution < 1.29 is 18.1 Å². The van der Waals surface area contributed by atoms with E-state index in [0.717, 1.165) is 17.2 Å². The van der Waals surface area contributed by atoms with Crippen molar-refractivity contribution in [1.82, 2.24) is 0 Å². The van der Waals surface area contributed by atoms with Crippen LogP contribution in [-0.2, 0) is 10.0 Å². The van der Waals surface area contributed by atoms with Crippen LogP contribution in [0, 0.1) is 24.0 Å². The van der Waals surface area contributed by atoms with Crippen LogP contribution in [0.1, 0.15) is 16.7 Å². The van der Waals surface area contributed by atoms with Gasteiger partial charge in [-0.25, -0.2) is 0 Å². The molecule has 0 aliphatic carbocycles. The zero-order chi connectivity index (χ0) is 16.8. The minimum Gasteiger partial charge on any atom is -0.437 e. The minimum absolute atomic E-state index is 0.0800. The zero-order valence-corrected chi connectivity index (χ0v) is 13.1. The second kappa shape index (κ2) is 5.17. The third-order valence-electron chi connectivity index (χ3n) is 3.44. The number of non-ortho nitro benzene ring substituents is 1. The van der Waals surface area contributed by atoms with Crippen LogP contribution in [0.4, 0.5) is 5.69 Å². The maximum atomic E-state index is 12.1. The van der Waals surface area contributed by atoms with E-state index in [1.807, 2.05) is 26.0 Å². The molecule has 3 rings (SSSR count). The number of benzene rings is 2. The number of nitro groups is 1. The van der Waals surface area contributed by atoms with Crippen molar-refractivity contribution in [2.45, 2.75) is 18.7 Å². The summed E-state index contributed by atoms with van der Waals surface area (Å²) < 4.78 is 33.4. The Hall–Kier alpha value is -2.74. The second-order valence-corrected chi connectivity index (χ2v) is 6.75. The molecule has 23 heavy (non-hydrogen) atoms. The summed E-state index contributed by atoms with van der Waals surface area (Å²) in [6.07, 6.45) is 0. The van der Waals surface area contributed by atoms with E-state index in [0.29, 0.717) is 5.75 Å². The molecule has 118 valence electrons. The highest BCUT2D eigenvalue weighted by Crippen LogP contribution is 2.31. The van der Waals surface area contributed by atoms with Gasteiger partial charge < -0.3 is 4.74 Å². The van der Waals surface area contributed by atoms with Crippen LogP contribution in [0.3, 0.4) is 0 Å². The third kappa shape index (κ3) is 2.68. The maximum Gasteiger partial charge on any atom is 0.286 e. The summed E-state index contributed by atoms with van der Waals surface area (Å²) in [7, 11) is -4.00. The van der Waals surface area contributed by atoms with Gasteiger partial charge in [-0.05, 0) is 37.1 Å². The molecule has 0 radical (unpaired) electrons. The van der Waals surface area contributed by atoms with E-state index >= 15 is 0 Å². The summed E-state index contributed by atoms with van der Waals surface area (Å²) in [6.45, 7) is 3.71. The second-order valence-electron chi connectivity index (χ2n) is 5.18. The van der Waals surface area contributed by atoms with Gasteiger partial charge in [0, 0.05) is 12.1 Å². The fourth-order valence-corrected chi connectivity index (χ4v) is 3.37. The Balaban J connectivity index is 2.07. The van der Waals surface area contributed by atoms with Gasteiger partial charge >= 0.3 is 0 Å². The van der Waals surface area contributed by atoms with Crippen molar-refractivity contribution in [2.75, 3.05) is 0 Å². The van der Waals surface area contributed by atoms with E-state index in [-0.39, 0.29) is 22.0 Å². The molecule has 1 heterocycles. The van der Waals surface area contributed by atoms with Gasteiger partial charge in [0.1, 0.15) is 10.6 Å². The van der Waals surface area contributed by atoms with Crippen molar-refractivity contribution in [3.05, 3.63) is 63.2 Å². The fourth-order valence-electron chi connectivity index (χ4n) is 2.22. The molecule has 8 heteroatoms. The molecule has 0 aromatic heterocycles. The fraction of sp³-hybridized carbons (Fsp3) is 0.133. The predicted molar refractivity (Wildman–Crippen MR) is 83.4 cm³/mol. The number of ether oxygens (including phenoxy) is 1. The molecule has 0 N–H and O–H groups in total. The number of hydrogen-bond donors (Lipinski definition) is 0. The van der Waals surface area contributed by atoms with Gasteiger partial charge in [0.05, 0.1) is 10.5 Å². The minimum atomic E-state index is -4.00. The monoisotopic (exact) mass is 332 g/mol. The Morgan fingerprint density at radius 2 is 1.87 bits per heavy atom. The molecule has 1 aliphatic rings. The molecule has 0 bridgehead atoms. The van der Waals surface area contributed by atoms with Crippen LogP contribution < -0.4 is 4.74 Å². The van der Waals surface area contributed by atoms with Gasteiger partial charge in [-0.3, -0.25) is 10.1 Å². The van der Waals surface area contributed by atoms with Crippen molar-refractivity contribution in [1.29, 1.82) is 0 Å². The summed E-state index contributed by atoms with van der Waals surface area (Å²) >= 11 is 0. The summed E-state index contributed by atoms with van der Waals surface area (Å²) in [6, 6.07) is 9.09. The molecule has 0 spiro atoms. The first-order chi connectivity index (χ1) is 10.8. The van der Waals surface area contributed by atoms with Crippen molar-refractivity contribution >= 4 is 21.6 Å². The van der Waals surface area contributed by atoms with Gasteiger partial charge in [0.2, 0.25) is 5.90 Å². The van der Waals surface area contributed by atoms with Crippen LogP contribution in [0.2, 0.25) is 0 Å². The summed E-state index contributed by atoms with van der Waals surface area (Å²) in [5.41, 5.74) is 1.69. The molecule has 0 saturated carbocycles. The van der Waals surface area contributed by atoms with E-state index in [1.54, 1.807) is 6.07 Å². The van der Waals surface area contributed by atoms with Crippen molar-refractivity contribution in [3.63, 3.8) is 0 Å². The molecule has 0 amide bonds. The largest absolute Gasteiger partial charge is 0.437 e. The van der Waals surface area contributed by atoms with Crippen molar-refractivity contribution in [3.8, 4) is 5.75 Å². The molecule has 2 aromatic rings. The molecule has 0 saturated heterocycles. The molecule has 0 unspecified atom stereocenters. The number of aryl methyl sites for hydroxylation is 2. The highest BCUT2D eigenvalue weighted by atomic mass is 32.2. The Morgan fingerprint density at radius 3 is 2.57 bits per heavy atom. The van der Waals surface area contributed by atoms with Crippen molar-refractivity contribution in [2.24, 2.45) is 4.40 Å². The first-order valence-corrected chi connectivity index (χ1v) is 8.11. The van der Waals surface area contributed by atoms with E-state index in [2.05, 4.69) is 4.40 Å². The summed E-state index contributed by atoms with van der Waals surface area (Å²) in [4.78, 5) is 9.94. The van der Waals surface area contributed by atoms with Crippen LogP contribution in [0.15, 0.2) is 45.7 Å². The number of rotatable bonds is 2. The lowest BCUT2D eigenvalue weighted by Gasteiger charge is -2.09. The van der Waals surface area contributed by atoms with Gasteiger partial charge in [0.25, 0.3) is 15.7 Å². The molecule has 7 nitrogen and oxygen atoms in total. The number of hydrogen-bond acceptors (Lipinski definition) is 5. The topological polar surface area (TPSA) is 98.9 Å². The average molecular weight is 332 g/mol. The van der Waals surface area contributed by atoms with E-state index in [9.17, 15) is 18.5 Å². The highest BCUT2D eigenvalue weighted by molar-refractivity contribution is 7.90. The van der Waals surface area contributed by atoms with Gasteiger partial charge in [-0.1, -0.05) is 12.1 Å². The smallest absolute Gasteiger partial charge is 0.286 e. The number of nitro benzene ring substituents is 1. The SMILES string of the molecule is Cc1ccc(C)c(OC2=NS(=O)(=O)c3cc([N+](=O)[O-])ccc32)c1. The number of sulfonamides is 1. The first kappa shape index (κ1) is 15.2. The lowest BCUT2D eigenvalue weighted by atomic mass is 10.1. The molecule has 0 atom stereocenters. The number of nitrogens with zero attached hydrogens (tertiary/aromatic N) is 2. The normalized spacial score (nSPS) is 15.0. The van der Waals surface area contributed by atoms with Crippen LogP contribution in [0.25, 0.3) is 0 Å². The Labute approximate surface area is 132 Å². The van der Waals surface area contributed by atoms with E-state index in [4.69, 9.17) is 4.74 Å². The number of fused-ring (bicyclic) bond motifs is 1. The standard InChI is InChI=1S/C15H12N2O5S/c1-9-3-4-10(2)13(7-9)22-15-12-6-5-11(17(18)19)8-14(12)23(20,21)16-15/h3-8H,1-2H3. The van der Waals surface area contributed by atoms with Crippen LogP contribution in [-0.4, -0.2) is 19.2 Å². The molecule has 1 aliphatic heterocycles. The zero-order valence-electron chi connectivity index (χ0n) is 12.3. The maximum absolute atomic E-state index is 12.1. The first-order valence-electron chi connectivity index (χ1n) is 6.67. The van der Waals surface area contributed by atoms with Gasteiger partial charge in [-0.2, -0.15) is 8.42 Å². The third-order valence-corrected chi connectivity index (χ3v) is 4.74. The van der Waals surface area contributed by atoms with E-state index in [1.165, 1.54) is 12.1 Å². The van der Waals surface area contributed by atoms with Crippen LogP contribution in [0.5, 0.6) is 5.75 Å². The quantitative estimate of drug-likeness (QED) is 0.622. The molecule has 0 fully saturated rings. The lowest BCUT2D eigenvalue weighted by Crippen LogP contribution is -2.09. The average Bonchev–Trinajstić information content (AvgIpc) is 2.73. The van der Waals surface area contributed by atoms with E-state index < -0.39 is 14.9 Å². The molecular weight excluding hydrogens is 320 g/mol. The highest BCUT2D eigenvalue weighted by Gasteiger charge is 2.32. The lowest BCUT2D eigenvalue weighted by molar-refractivity contribution is -0.385. The predicted octanol–water partition coefficient (Wildman–Crippen LogP) is 2.74. The Bertz CT molecular complexity index is 964.